The van der Waals surface area contributed by atoms with E-state index in [4.69, 9.17) is 38.0 Å². The van der Waals surface area contributed by atoms with Crippen molar-refractivity contribution in [2.45, 2.75) is 137 Å². The summed E-state index contributed by atoms with van der Waals surface area (Å²) in [6, 6.07) is 43.0. The first-order chi connectivity index (χ1) is 33.1. The number of allylic oxidation sites excluding steroid dienone is 1. The maximum atomic E-state index is 12.0. The highest BCUT2D eigenvalue weighted by molar-refractivity contribution is 7.78. The number of carbonyl (C=O) groups excluding carboxylic acids is 1. The molecule has 4 aromatic carbocycles. The molecule has 2 unspecified atom stereocenters. The van der Waals surface area contributed by atoms with Crippen molar-refractivity contribution in [3.05, 3.63) is 151 Å². The van der Waals surface area contributed by atoms with Crippen LogP contribution in [-0.2, 0) is 48.2 Å². The summed E-state index contributed by atoms with van der Waals surface area (Å²) >= 11 is -2.41. The molecule has 4 atom stereocenters. The lowest BCUT2D eigenvalue weighted by molar-refractivity contribution is -0.155. The number of carbonyl (C=O) groups is 1. The van der Waals surface area contributed by atoms with Crippen molar-refractivity contribution in [2.75, 3.05) is 26.9 Å². The summed E-state index contributed by atoms with van der Waals surface area (Å²) in [5.74, 6) is -0.406. The molecule has 8 rings (SSSR count). The molecule has 0 aromatic heterocycles. The largest absolute Gasteiger partial charge is 0.401 e. The number of hydrogen-bond acceptors (Lipinski definition) is 11. The third-order valence-electron chi connectivity index (χ3n) is 13.3. The molecule has 0 saturated carbocycles. The summed E-state index contributed by atoms with van der Waals surface area (Å²) in [5, 5.41) is 12.3. The summed E-state index contributed by atoms with van der Waals surface area (Å²) in [5.41, 5.74) is -0.342. The highest BCUT2D eigenvalue weighted by Gasteiger charge is 2.56. The van der Waals surface area contributed by atoms with Crippen molar-refractivity contribution >= 4 is 54.4 Å². The van der Waals surface area contributed by atoms with Gasteiger partial charge >= 0.3 is 11.3 Å². The molecule has 2 heterocycles. The van der Waals surface area contributed by atoms with Gasteiger partial charge in [-0.3, -0.25) is 4.79 Å². The van der Waals surface area contributed by atoms with Gasteiger partial charge in [0.25, 0.3) is 16.6 Å². The van der Waals surface area contributed by atoms with E-state index in [1.807, 2.05) is 6.08 Å². The maximum absolute atomic E-state index is 12.0. The Kier molecular flexibility index (Phi) is 21.5. The maximum Gasteiger partial charge on any atom is 0.350 e. The fourth-order valence-electron chi connectivity index (χ4n) is 9.93. The number of hydrogen-bond donors (Lipinski definition) is 1. The summed E-state index contributed by atoms with van der Waals surface area (Å²) in [7, 11) is -3.54. The van der Waals surface area contributed by atoms with E-state index in [-0.39, 0.29) is 52.6 Å². The molecular formula is C56H79NO11SSi2. The van der Waals surface area contributed by atoms with Crippen LogP contribution in [0.2, 0.25) is 10.1 Å². The quantitative estimate of drug-likeness (QED) is 0.0503. The monoisotopic (exact) mass is 1030 g/mol. The number of methoxy groups -OCH3 is 1. The molecule has 71 heavy (non-hydrogen) atoms. The lowest BCUT2D eigenvalue weighted by atomic mass is 9.76. The van der Waals surface area contributed by atoms with Crippen LogP contribution in [0, 0.1) is 15.7 Å². The molecule has 1 spiro atoms. The van der Waals surface area contributed by atoms with E-state index in [1.165, 1.54) is 20.7 Å². The molecule has 4 aromatic rings. The Morgan fingerprint density at radius 3 is 1.35 bits per heavy atom. The highest BCUT2D eigenvalue weighted by atomic mass is 32.2. The normalized spacial score (nSPS) is 21.5. The second-order valence-electron chi connectivity index (χ2n) is 21.5. The van der Waals surface area contributed by atoms with Gasteiger partial charge in [-0.1, -0.05) is 210 Å². The van der Waals surface area contributed by atoms with E-state index in [1.54, 1.807) is 17.8 Å². The molecule has 388 valence electrons. The zero-order valence-electron chi connectivity index (χ0n) is 42.9. The molecule has 2 aliphatic carbocycles. The number of ether oxygens (including phenoxy) is 4. The van der Waals surface area contributed by atoms with E-state index in [0.29, 0.717) is 19.6 Å². The Bertz CT molecular complexity index is 2250. The Hall–Kier alpha value is -4.11. The van der Waals surface area contributed by atoms with Crippen LogP contribution >= 0.6 is 0 Å². The number of benzene rings is 4. The lowest BCUT2D eigenvalue weighted by Crippen LogP contribution is -2.68. The van der Waals surface area contributed by atoms with E-state index in [0.717, 1.165) is 25.9 Å². The van der Waals surface area contributed by atoms with Crippen LogP contribution in [0.5, 0.6) is 0 Å². The highest BCUT2D eigenvalue weighted by Crippen LogP contribution is 2.47. The third kappa shape index (κ3) is 14.6. The second-order valence-corrected chi connectivity index (χ2v) is 30.7. The van der Waals surface area contributed by atoms with Gasteiger partial charge in [0.15, 0.2) is 17.9 Å². The van der Waals surface area contributed by atoms with Gasteiger partial charge in [-0.05, 0) is 54.8 Å². The average molecular weight is 1030 g/mol. The summed E-state index contributed by atoms with van der Waals surface area (Å²) in [4.78, 5) is 20.9. The molecule has 2 fully saturated rings. The number of ketones is 1. The minimum atomic E-state index is -2.61. The zero-order valence-corrected chi connectivity index (χ0v) is 45.7. The fraction of sp³-hybridized carbons (Fsp3) is 0.482. The van der Waals surface area contributed by atoms with E-state index >= 15 is 0 Å². The molecule has 2 aliphatic heterocycles. The van der Waals surface area contributed by atoms with Gasteiger partial charge in [0.05, 0.1) is 30.0 Å². The topological polar surface area (TPSA) is 148 Å². The molecule has 2 saturated heterocycles. The standard InChI is InChI=1S/C26H34O3Si.C24H30O2Si.C5H10O2.CH4.HNO4S/c1-24(2,3)30(21-12-8-6-9-13-21,22-14-10-7-11-15-22)29-23-16-17-26(20-25(23,4)5)27-18-19-28-26;1-23(2,3)27(20-12-8-6-9-13-20,21-14-10-7-11-15-21)26-22-17-16-19(25)18-24(22,4)5;1-6-5-3-2-4-7-5;;2-1-6(4)5-3/h6-17,23H,18-20H2,1-5H3;6-17,22H,18H2,1-5H3;5H,2-4H2,1H3;1H4;3H/t23-;22-;;;/m11.../s1. The van der Waals surface area contributed by atoms with Crippen LogP contribution in [0.4, 0.5) is 0 Å². The van der Waals surface area contributed by atoms with E-state index in [2.05, 4.69) is 207 Å². The zero-order chi connectivity index (χ0) is 51.3. The van der Waals surface area contributed by atoms with E-state index < -0.39 is 33.7 Å². The first-order valence-electron chi connectivity index (χ1n) is 24.1. The van der Waals surface area contributed by atoms with Crippen LogP contribution in [-0.4, -0.2) is 83.1 Å². The Morgan fingerprint density at radius 2 is 1.07 bits per heavy atom. The molecule has 0 radical (unpaired) electrons. The minimum Gasteiger partial charge on any atom is -0.401 e. The minimum absolute atomic E-state index is 0. The van der Waals surface area contributed by atoms with Crippen molar-refractivity contribution < 1.29 is 46.4 Å². The number of nitrogens with zero attached hydrogens (tertiary/aromatic N) is 1. The van der Waals surface area contributed by atoms with Crippen molar-refractivity contribution in [2.24, 2.45) is 15.4 Å². The van der Waals surface area contributed by atoms with E-state index in [9.17, 15) is 9.00 Å². The Morgan fingerprint density at radius 1 is 0.662 bits per heavy atom. The predicted molar refractivity (Wildman–Crippen MR) is 290 cm³/mol. The van der Waals surface area contributed by atoms with Crippen molar-refractivity contribution in [3.63, 3.8) is 0 Å². The van der Waals surface area contributed by atoms with Gasteiger partial charge < -0.3 is 27.8 Å². The van der Waals surface area contributed by atoms with Gasteiger partial charge in [0, 0.05) is 38.4 Å². The van der Waals surface area contributed by atoms with Crippen LogP contribution < -0.4 is 20.7 Å². The van der Waals surface area contributed by atoms with Crippen LogP contribution in [0.15, 0.2) is 150 Å². The number of rotatable bonds is 11. The molecule has 15 heteroatoms. The van der Waals surface area contributed by atoms with Crippen LogP contribution in [0.3, 0.4) is 0 Å². The smallest absolute Gasteiger partial charge is 0.350 e. The SMILES string of the molecule is C.CC1(C)CC(=O)C=C[C@H]1O[Si](c1ccccc1)(c1ccccc1)C(C)(C)C.CC1(C)CC2(C=C[C@H]1O[Si](c1ccccc1)(c1ccccc1)C(C)(C)C)OCCO2.COC1CCCO1.O=NS(=O)OO. The summed E-state index contributed by atoms with van der Waals surface area (Å²) < 4.78 is 50.5. The number of nitroso groups, excluding NO2 is 1. The Labute approximate surface area is 428 Å². The summed E-state index contributed by atoms with van der Waals surface area (Å²) in [6.07, 6.45) is 11.5. The van der Waals surface area contributed by atoms with Gasteiger partial charge in [-0.25, -0.2) is 5.26 Å². The molecule has 12 nitrogen and oxygen atoms in total. The van der Waals surface area contributed by atoms with Crippen molar-refractivity contribution in [3.8, 4) is 0 Å². The van der Waals surface area contributed by atoms with Gasteiger partial charge in [-0.15, -0.1) is 9.24 Å². The van der Waals surface area contributed by atoms with Gasteiger partial charge in [-0.2, -0.15) is 4.21 Å². The van der Waals surface area contributed by atoms with Crippen LogP contribution in [0.25, 0.3) is 0 Å². The fourth-order valence-corrected chi connectivity index (χ4v) is 19.5. The Balaban J connectivity index is 0.000000244. The molecule has 4 aliphatic rings. The average Bonchev–Trinajstić information content (AvgIpc) is 4.04. The predicted octanol–water partition coefficient (Wildman–Crippen LogP) is 10.4. The van der Waals surface area contributed by atoms with Crippen molar-refractivity contribution in [1.29, 1.82) is 0 Å². The lowest BCUT2D eigenvalue weighted by Gasteiger charge is -2.50. The first-order valence-corrected chi connectivity index (χ1v) is 28.9. The molecule has 0 amide bonds. The third-order valence-corrected chi connectivity index (χ3v) is 23.6. The van der Waals surface area contributed by atoms with Gasteiger partial charge in [0.2, 0.25) is 0 Å². The van der Waals surface area contributed by atoms with Gasteiger partial charge in [0.1, 0.15) is 0 Å². The molecule has 1 N–H and O–H groups in total. The summed E-state index contributed by atoms with van der Waals surface area (Å²) in [6.45, 7) is 24.8. The van der Waals surface area contributed by atoms with Crippen LogP contribution in [0.1, 0.15) is 102 Å². The first kappa shape index (κ1) is 59.5. The molecule has 0 bridgehead atoms. The molecular weight excluding hydrogens is 951 g/mol. The second kappa shape index (κ2) is 25.7. The van der Waals surface area contributed by atoms with Crippen molar-refractivity contribution in [1.82, 2.24) is 0 Å².